The van der Waals surface area contributed by atoms with Gasteiger partial charge in [0.25, 0.3) is 5.56 Å². The Hall–Kier alpha value is -2.58. The van der Waals surface area contributed by atoms with Gasteiger partial charge in [-0.1, -0.05) is 17.7 Å². The number of hydrogen-bond donors (Lipinski definition) is 2. The highest BCUT2D eigenvalue weighted by Gasteiger charge is 2.19. The number of halogens is 1. The summed E-state index contributed by atoms with van der Waals surface area (Å²) < 4.78 is 0. The highest BCUT2D eigenvalue weighted by atomic mass is 35.5. The van der Waals surface area contributed by atoms with Gasteiger partial charge in [0.2, 0.25) is 0 Å². The second kappa shape index (κ2) is 5.19. The Bertz CT molecular complexity index is 803. The van der Waals surface area contributed by atoms with Crippen LogP contribution in [0.3, 0.4) is 0 Å². The van der Waals surface area contributed by atoms with Gasteiger partial charge in [-0.05, 0) is 25.1 Å². The number of carbonyl (C=O) groups is 1. The topological polar surface area (TPSA) is 93.9 Å². The quantitative estimate of drug-likeness (QED) is 0.888. The summed E-state index contributed by atoms with van der Waals surface area (Å²) in [5, 5.41) is 18.5. The number of aryl methyl sites for hydroxylation is 1. The SMILES string of the molecule is Cc1cc(-c2c(Cl)cccc2C(=O)O)c(C#N)c(=O)[nH]1. The van der Waals surface area contributed by atoms with E-state index in [0.717, 1.165) is 0 Å². The second-order valence-corrected chi connectivity index (χ2v) is 4.56. The molecule has 0 bridgehead atoms. The Balaban J connectivity index is 2.93. The predicted octanol–water partition coefficient (Wildman–Crippen LogP) is 2.57. The lowest BCUT2D eigenvalue weighted by Gasteiger charge is -2.10. The lowest BCUT2D eigenvalue weighted by Crippen LogP contribution is -2.14. The maximum absolute atomic E-state index is 11.8. The Morgan fingerprint density at radius 3 is 2.75 bits per heavy atom. The lowest BCUT2D eigenvalue weighted by atomic mass is 9.96. The van der Waals surface area contributed by atoms with Crippen molar-refractivity contribution in [2.45, 2.75) is 6.92 Å². The van der Waals surface area contributed by atoms with Gasteiger partial charge in [-0.25, -0.2) is 4.79 Å². The third kappa shape index (κ3) is 2.29. The van der Waals surface area contributed by atoms with Crippen LogP contribution in [0.2, 0.25) is 5.02 Å². The minimum Gasteiger partial charge on any atom is -0.478 e. The molecule has 0 aliphatic heterocycles. The van der Waals surface area contributed by atoms with Crippen molar-refractivity contribution in [2.75, 3.05) is 0 Å². The van der Waals surface area contributed by atoms with E-state index in [-0.39, 0.29) is 27.3 Å². The molecule has 0 fully saturated rings. The normalized spacial score (nSPS) is 10.1. The fraction of sp³-hybridized carbons (Fsp3) is 0.0714. The number of rotatable bonds is 2. The number of carboxylic acids is 1. The minimum absolute atomic E-state index is 0.0565. The van der Waals surface area contributed by atoms with Gasteiger partial charge in [-0.15, -0.1) is 0 Å². The van der Waals surface area contributed by atoms with E-state index >= 15 is 0 Å². The molecule has 0 spiro atoms. The van der Waals surface area contributed by atoms with E-state index in [1.165, 1.54) is 24.3 Å². The molecule has 0 atom stereocenters. The van der Waals surface area contributed by atoms with E-state index in [1.54, 1.807) is 13.0 Å². The van der Waals surface area contributed by atoms with Crippen molar-refractivity contribution >= 4 is 17.6 Å². The second-order valence-electron chi connectivity index (χ2n) is 4.15. The molecule has 1 aromatic carbocycles. The first-order chi connectivity index (χ1) is 9.45. The van der Waals surface area contributed by atoms with Crippen molar-refractivity contribution in [1.82, 2.24) is 4.98 Å². The number of nitriles is 1. The zero-order valence-corrected chi connectivity index (χ0v) is 11.2. The number of nitrogens with zero attached hydrogens (tertiary/aromatic N) is 1. The highest BCUT2D eigenvalue weighted by Crippen LogP contribution is 2.32. The summed E-state index contributed by atoms with van der Waals surface area (Å²) in [5.41, 5.74) is 0.119. The van der Waals surface area contributed by atoms with Gasteiger partial charge in [0.05, 0.1) is 5.56 Å². The van der Waals surface area contributed by atoms with Crippen LogP contribution in [0.5, 0.6) is 0 Å². The molecule has 0 radical (unpaired) electrons. The van der Waals surface area contributed by atoms with Gasteiger partial charge in [0, 0.05) is 21.8 Å². The minimum atomic E-state index is -1.18. The van der Waals surface area contributed by atoms with Gasteiger partial charge < -0.3 is 10.1 Å². The van der Waals surface area contributed by atoms with E-state index in [1.807, 2.05) is 0 Å². The molecule has 20 heavy (non-hydrogen) atoms. The van der Waals surface area contributed by atoms with E-state index in [9.17, 15) is 14.7 Å². The fourth-order valence-corrected chi connectivity index (χ4v) is 2.25. The van der Waals surface area contributed by atoms with Crippen LogP contribution in [0.15, 0.2) is 29.1 Å². The number of aromatic amines is 1. The van der Waals surface area contributed by atoms with Crippen molar-refractivity contribution in [3.8, 4) is 17.2 Å². The molecule has 2 rings (SSSR count). The third-order valence-corrected chi connectivity index (χ3v) is 3.11. The largest absolute Gasteiger partial charge is 0.478 e. The number of nitrogens with one attached hydrogen (secondary N) is 1. The molecule has 0 aliphatic rings. The molecule has 0 aliphatic carbocycles. The van der Waals surface area contributed by atoms with Gasteiger partial charge >= 0.3 is 5.97 Å². The number of aromatic nitrogens is 1. The Kier molecular flexibility index (Phi) is 3.59. The predicted molar refractivity (Wildman–Crippen MR) is 73.9 cm³/mol. The average molecular weight is 289 g/mol. The van der Waals surface area contributed by atoms with Crippen LogP contribution < -0.4 is 5.56 Å². The van der Waals surface area contributed by atoms with E-state index < -0.39 is 11.5 Å². The zero-order chi connectivity index (χ0) is 14.9. The molecular formula is C14H9ClN2O3. The Morgan fingerprint density at radius 2 is 2.15 bits per heavy atom. The molecule has 1 heterocycles. The first-order valence-electron chi connectivity index (χ1n) is 5.62. The van der Waals surface area contributed by atoms with Gasteiger partial charge in [0.1, 0.15) is 11.6 Å². The van der Waals surface area contributed by atoms with Crippen molar-refractivity contribution in [3.05, 3.63) is 56.5 Å². The van der Waals surface area contributed by atoms with Gasteiger partial charge in [-0.2, -0.15) is 5.26 Å². The molecule has 2 aromatic rings. The monoisotopic (exact) mass is 288 g/mol. The summed E-state index contributed by atoms with van der Waals surface area (Å²) in [6.07, 6.45) is 0. The van der Waals surface area contributed by atoms with Gasteiger partial charge in [0.15, 0.2) is 0 Å². The first kappa shape index (κ1) is 13.8. The summed E-state index contributed by atoms with van der Waals surface area (Å²) in [4.78, 5) is 25.6. The number of H-pyrrole nitrogens is 1. The Morgan fingerprint density at radius 1 is 1.45 bits per heavy atom. The van der Waals surface area contributed by atoms with Crippen LogP contribution in [0.1, 0.15) is 21.6 Å². The van der Waals surface area contributed by atoms with E-state index in [0.29, 0.717) is 5.69 Å². The number of carboxylic acid groups (broad SMARTS) is 1. The molecule has 5 nitrogen and oxygen atoms in total. The molecule has 0 saturated carbocycles. The van der Waals surface area contributed by atoms with Crippen LogP contribution >= 0.6 is 11.6 Å². The fourth-order valence-electron chi connectivity index (χ4n) is 1.97. The maximum Gasteiger partial charge on any atom is 0.336 e. The summed E-state index contributed by atoms with van der Waals surface area (Å²) in [6, 6.07) is 7.72. The summed E-state index contributed by atoms with van der Waals surface area (Å²) in [7, 11) is 0. The van der Waals surface area contributed by atoms with Crippen LogP contribution in [0.4, 0.5) is 0 Å². The Labute approximate surface area is 119 Å². The molecule has 1 aromatic heterocycles. The van der Waals surface area contributed by atoms with Crippen LogP contribution in [-0.2, 0) is 0 Å². The molecule has 0 saturated heterocycles. The lowest BCUT2D eigenvalue weighted by molar-refractivity contribution is 0.0697. The zero-order valence-electron chi connectivity index (χ0n) is 10.4. The van der Waals surface area contributed by atoms with Gasteiger partial charge in [-0.3, -0.25) is 4.79 Å². The molecule has 0 amide bonds. The van der Waals surface area contributed by atoms with Crippen LogP contribution in [-0.4, -0.2) is 16.1 Å². The van der Waals surface area contributed by atoms with Crippen molar-refractivity contribution in [3.63, 3.8) is 0 Å². The van der Waals surface area contributed by atoms with Crippen LogP contribution in [0.25, 0.3) is 11.1 Å². The number of hydrogen-bond acceptors (Lipinski definition) is 3. The number of pyridine rings is 1. The van der Waals surface area contributed by atoms with E-state index in [4.69, 9.17) is 16.9 Å². The van der Waals surface area contributed by atoms with Crippen LogP contribution in [0, 0.1) is 18.3 Å². The number of benzene rings is 1. The highest BCUT2D eigenvalue weighted by molar-refractivity contribution is 6.34. The third-order valence-electron chi connectivity index (χ3n) is 2.79. The molecule has 2 N–H and O–H groups in total. The summed E-state index contributed by atoms with van der Waals surface area (Å²) in [5.74, 6) is -1.18. The summed E-state index contributed by atoms with van der Waals surface area (Å²) >= 11 is 6.06. The standard InChI is InChI=1S/C14H9ClN2O3/c1-7-5-9(10(6-16)13(18)17-7)12-8(14(19)20)3-2-4-11(12)15/h2-5H,1H3,(H,17,18)(H,19,20). The molecule has 100 valence electrons. The molecular weight excluding hydrogens is 280 g/mol. The van der Waals surface area contributed by atoms with Crippen molar-refractivity contribution in [1.29, 1.82) is 5.26 Å². The van der Waals surface area contributed by atoms with E-state index in [2.05, 4.69) is 4.98 Å². The maximum atomic E-state index is 11.8. The molecule has 6 heteroatoms. The first-order valence-corrected chi connectivity index (χ1v) is 5.99. The summed E-state index contributed by atoms with van der Waals surface area (Å²) in [6.45, 7) is 1.64. The average Bonchev–Trinajstić information content (AvgIpc) is 2.37. The van der Waals surface area contributed by atoms with Crippen molar-refractivity contribution in [2.24, 2.45) is 0 Å². The van der Waals surface area contributed by atoms with Crippen molar-refractivity contribution < 1.29 is 9.90 Å². The molecule has 0 unspecified atom stereocenters. The number of aromatic carboxylic acids is 1. The smallest absolute Gasteiger partial charge is 0.336 e.